The molecule has 0 saturated heterocycles. The molecular formula is C18H30N6O10. The molecule has 0 aliphatic rings. The highest BCUT2D eigenvalue weighted by Crippen LogP contribution is 2.05. The van der Waals surface area contributed by atoms with Gasteiger partial charge < -0.3 is 48.5 Å². The summed E-state index contributed by atoms with van der Waals surface area (Å²) in [6.07, 6.45) is -3.86. The molecule has 34 heavy (non-hydrogen) atoms. The normalized spacial score (nSPS) is 15.0. The number of aliphatic hydroxyl groups is 1. The second kappa shape index (κ2) is 14.4. The first-order valence-electron chi connectivity index (χ1n) is 10.0. The lowest BCUT2D eigenvalue weighted by Crippen LogP contribution is -2.58. The third kappa shape index (κ3) is 11.7. The number of carboxylic acids is 2. The van der Waals surface area contributed by atoms with Crippen molar-refractivity contribution in [3.8, 4) is 0 Å². The predicted octanol–water partition coefficient (Wildman–Crippen LogP) is -4.76. The quantitative estimate of drug-likeness (QED) is 0.0988. The molecule has 16 heteroatoms. The zero-order chi connectivity index (χ0) is 26.6. The number of nitrogens with two attached hydrogens (primary N) is 3. The zero-order valence-corrected chi connectivity index (χ0v) is 18.4. The lowest BCUT2D eigenvalue weighted by atomic mass is 10.1. The molecular weight excluding hydrogens is 460 g/mol. The minimum Gasteiger partial charge on any atom is -0.481 e. The Morgan fingerprint density at radius 1 is 0.765 bits per heavy atom. The van der Waals surface area contributed by atoms with Gasteiger partial charge in [0.1, 0.15) is 12.1 Å². The Labute approximate surface area is 193 Å². The van der Waals surface area contributed by atoms with Crippen LogP contribution in [0.15, 0.2) is 0 Å². The number of carboxylic acid groups (broad SMARTS) is 2. The average molecular weight is 490 g/mol. The first kappa shape index (κ1) is 30.2. The number of carbonyl (C=O) groups excluding carboxylic acids is 5. The van der Waals surface area contributed by atoms with Crippen LogP contribution in [0.3, 0.4) is 0 Å². The molecule has 0 heterocycles. The van der Waals surface area contributed by atoms with Gasteiger partial charge in [0.05, 0.1) is 18.6 Å². The lowest BCUT2D eigenvalue weighted by molar-refractivity contribution is -0.145. The summed E-state index contributed by atoms with van der Waals surface area (Å²) in [5, 5.41) is 33.9. The molecule has 0 rings (SSSR count). The van der Waals surface area contributed by atoms with Crippen LogP contribution < -0.4 is 33.2 Å². The van der Waals surface area contributed by atoms with Crippen LogP contribution in [0.4, 0.5) is 0 Å². The van der Waals surface area contributed by atoms with Gasteiger partial charge >= 0.3 is 11.9 Å². The van der Waals surface area contributed by atoms with Crippen molar-refractivity contribution in [3.63, 3.8) is 0 Å². The van der Waals surface area contributed by atoms with Gasteiger partial charge in [-0.25, -0.2) is 4.79 Å². The monoisotopic (exact) mass is 490 g/mol. The standard InChI is InChI=1S/C18H30N6O10/c1-7(25)14(18(33)34)24-17(32)10(3-5-13(28)29)23-16(31)9(2-4-11(20)26)22-15(30)8(19)6-12(21)27/h7-10,14,25H,2-6,19H2,1H3,(H2,20,26)(H2,21,27)(H,22,30)(H,23,31)(H,24,32)(H,28,29)(H,33,34). The molecule has 0 fully saturated rings. The summed E-state index contributed by atoms with van der Waals surface area (Å²) < 4.78 is 0. The maximum absolute atomic E-state index is 12.7. The summed E-state index contributed by atoms with van der Waals surface area (Å²) in [5.74, 6) is -7.76. The minimum atomic E-state index is -1.76. The maximum Gasteiger partial charge on any atom is 0.328 e. The van der Waals surface area contributed by atoms with Gasteiger partial charge in [-0.15, -0.1) is 0 Å². The van der Waals surface area contributed by atoms with E-state index in [0.717, 1.165) is 6.92 Å². The highest BCUT2D eigenvalue weighted by atomic mass is 16.4. The van der Waals surface area contributed by atoms with Crippen LogP contribution in [-0.4, -0.2) is 87.1 Å². The van der Waals surface area contributed by atoms with Crippen molar-refractivity contribution in [2.45, 2.75) is 69.3 Å². The van der Waals surface area contributed by atoms with E-state index in [1.54, 1.807) is 0 Å². The fraction of sp³-hybridized carbons (Fsp3) is 0.611. The number of aliphatic carboxylic acids is 2. The van der Waals surface area contributed by atoms with Crippen LogP contribution in [-0.2, 0) is 33.6 Å². The van der Waals surface area contributed by atoms with E-state index in [9.17, 15) is 38.7 Å². The number of carbonyl (C=O) groups is 7. The van der Waals surface area contributed by atoms with Crippen molar-refractivity contribution in [2.75, 3.05) is 0 Å². The third-order valence-corrected chi connectivity index (χ3v) is 4.40. The molecule has 0 saturated carbocycles. The lowest BCUT2D eigenvalue weighted by Gasteiger charge is -2.25. The van der Waals surface area contributed by atoms with E-state index >= 15 is 0 Å². The Hall–Kier alpha value is -3.79. The Balaban J connectivity index is 5.64. The SMILES string of the molecule is CC(O)C(NC(=O)C(CCC(=O)O)NC(=O)C(CCC(N)=O)NC(=O)C(N)CC(N)=O)C(=O)O. The topological polar surface area (TPSA) is 294 Å². The van der Waals surface area contributed by atoms with Crippen LogP contribution in [0.2, 0.25) is 0 Å². The summed E-state index contributed by atoms with van der Waals surface area (Å²) in [6, 6.07) is -6.24. The number of rotatable bonds is 16. The van der Waals surface area contributed by atoms with E-state index < -0.39 is 91.0 Å². The Kier molecular flexibility index (Phi) is 12.8. The molecule has 12 N–H and O–H groups in total. The number of hydrogen-bond donors (Lipinski definition) is 9. The smallest absolute Gasteiger partial charge is 0.328 e. The molecule has 0 spiro atoms. The van der Waals surface area contributed by atoms with Gasteiger partial charge in [-0.1, -0.05) is 0 Å². The Morgan fingerprint density at radius 3 is 1.65 bits per heavy atom. The fourth-order valence-corrected chi connectivity index (χ4v) is 2.60. The van der Waals surface area contributed by atoms with Gasteiger partial charge in [-0.05, 0) is 19.8 Å². The molecule has 16 nitrogen and oxygen atoms in total. The number of hydrogen-bond acceptors (Lipinski definition) is 9. The van der Waals surface area contributed by atoms with E-state index in [1.807, 2.05) is 5.32 Å². The van der Waals surface area contributed by atoms with Crippen LogP contribution in [0, 0.1) is 0 Å². The first-order valence-corrected chi connectivity index (χ1v) is 10.0. The van der Waals surface area contributed by atoms with E-state index in [2.05, 4.69) is 10.6 Å². The molecule has 5 unspecified atom stereocenters. The molecule has 0 aliphatic carbocycles. The van der Waals surface area contributed by atoms with E-state index in [4.69, 9.17) is 27.4 Å². The van der Waals surface area contributed by atoms with Gasteiger partial charge in [0.2, 0.25) is 29.5 Å². The van der Waals surface area contributed by atoms with Crippen molar-refractivity contribution in [2.24, 2.45) is 17.2 Å². The molecule has 0 aromatic rings. The van der Waals surface area contributed by atoms with Gasteiger partial charge in [-0.3, -0.25) is 28.8 Å². The summed E-state index contributed by atoms with van der Waals surface area (Å²) >= 11 is 0. The highest BCUT2D eigenvalue weighted by molar-refractivity contribution is 5.95. The van der Waals surface area contributed by atoms with Crippen molar-refractivity contribution in [3.05, 3.63) is 0 Å². The van der Waals surface area contributed by atoms with Crippen LogP contribution in [0.1, 0.15) is 39.0 Å². The van der Waals surface area contributed by atoms with Crippen LogP contribution in [0.25, 0.3) is 0 Å². The molecule has 192 valence electrons. The zero-order valence-electron chi connectivity index (χ0n) is 18.4. The second-order valence-electron chi connectivity index (χ2n) is 7.40. The van der Waals surface area contributed by atoms with E-state index in [0.29, 0.717) is 0 Å². The number of amides is 5. The number of aliphatic hydroxyl groups excluding tert-OH is 1. The average Bonchev–Trinajstić information content (AvgIpc) is 2.70. The summed E-state index contributed by atoms with van der Waals surface area (Å²) in [4.78, 5) is 81.7. The molecule has 5 atom stereocenters. The van der Waals surface area contributed by atoms with Crippen LogP contribution in [0.5, 0.6) is 0 Å². The number of primary amides is 2. The predicted molar refractivity (Wildman–Crippen MR) is 112 cm³/mol. The van der Waals surface area contributed by atoms with Gasteiger partial charge in [0, 0.05) is 12.8 Å². The first-order chi connectivity index (χ1) is 15.6. The Morgan fingerprint density at radius 2 is 1.24 bits per heavy atom. The maximum atomic E-state index is 12.7. The Bertz CT molecular complexity index is 802. The molecule has 0 radical (unpaired) electrons. The third-order valence-electron chi connectivity index (χ3n) is 4.40. The molecule has 0 bridgehead atoms. The molecule has 0 aromatic carbocycles. The minimum absolute atomic E-state index is 0.338. The number of nitrogens with one attached hydrogen (secondary N) is 3. The van der Waals surface area contributed by atoms with Gasteiger partial charge in [-0.2, -0.15) is 0 Å². The van der Waals surface area contributed by atoms with Crippen molar-refractivity contribution in [1.29, 1.82) is 0 Å². The largest absolute Gasteiger partial charge is 0.481 e. The summed E-state index contributed by atoms with van der Waals surface area (Å²) in [6.45, 7) is 1.09. The molecule has 0 aromatic heterocycles. The summed E-state index contributed by atoms with van der Waals surface area (Å²) in [7, 11) is 0. The van der Waals surface area contributed by atoms with Crippen LogP contribution >= 0.6 is 0 Å². The van der Waals surface area contributed by atoms with Gasteiger partial charge in [0.15, 0.2) is 6.04 Å². The van der Waals surface area contributed by atoms with E-state index in [1.165, 1.54) is 0 Å². The van der Waals surface area contributed by atoms with Crippen molar-refractivity contribution >= 4 is 41.5 Å². The molecule has 5 amide bonds. The second-order valence-corrected chi connectivity index (χ2v) is 7.40. The van der Waals surface area contributed by atoms with Crippen molar-refractivity contribution < 1.29 is 48.9 Å². The van der Waals surface area contributed by atoms with Crippen molar-refractivity contribution in [1.82, 2.24) is 16.0 Å². The fourth-order valence-electron chi connectivity index (χ4n) is 2.60. The summed E-state index contributed by atoms with van der Waals surface area (Å²) in [5.41, 5.74) is 15.5. The van der Waals surface area contributed by atoms with E-state index in [-0.39, 0.29) is 12.8 Å². The van der Waals surface area contributed by atoms with Gasteiger partial charge in [0.25, 0.3) is 0 Å². The highest BCUT2D eigenvalue weighted by Gasteiger charge is 2.32. The molecule has 0 aliphatic heterocycles.